The van der Waals surface area contributed by atoms with E-state index in [1.807, 2.05) is 26.0 Å². The van der Waals surface area contributed by atoms with E-state index in [2.05, 4.69) is 31.1 Å². The summed E-state index contributed by atoms with van der Waals surface area (Å²) in [4.78, 5) is 4.33. The van der Waals surface area contributed by atoms with Crippen LogP contribution in [0.4, 0.5) is 5.82 Å². The quantitative estimate of drug-likeness (QED) is 0.817. The van der Waals surface area contributed by atoms with Crippen LogP contribution < -0.4 is 10.1 Å². The Labute approximate surface area is 105 Å². The SMILES string of the molecule is CCC(C)(C)CNc1ncccc1OC(C)C. The van der Waals surface area contributed by atoms with E-state index in [4.69, 9.17) is 4.74 Å². The highest BCUT2D eigenvalue weighted by Gasteiger charge is 2.16. The van der Waals surface area contributed by atoms with Gasteiger partial charge >= 0.3 is 0 Å². The fourth-order valence-corrected chi connectivity index (χ4v) is 1.32. The average Bonchev–Trinajstić information content (AvgIpc) is 2.27. The van der Waals surface area contributed by atoms with Crippen molar-refractivity contribution in [1.29, 1.82) is 0 Å². The first-order valence-electron chi connectivity index (χ1n) is 6.30. The largest absolute Gasteiger partial charge is 0.487 e. The molecule has 1 aromatic rings. The van der Waals surface area contributed by atoms with Gasteiger partial charge in [0, 0.05) is 12.7 Å². The van der Waals surface area contributed by atoms with Gasteiger partial charge in [0.05, 0.1) is 6.10 Å². The van der Waals surface area contributed by atoms with Crippen LogP contribution in [0, 0.1) is 5.41 Å². The summed E-state index contributed by atoms with van der Waals surface area (Å²) in [5, 5.41) is 3.37. The van der Waals surface area contributed by atoms with Crippen molar-refractivity contribution >= 4 is 5.82 Å². The Kier molecular flexibility index (Phi) is 4.79. The van der Waals surface area contributed by atoms with Crippen LogP contribution in [-0.4, -0.2) is 17.6 Å². The first-order valence-corrected chi connectivity index (χ1v) is 6.30. The van der Waals surface area contributed by atoms with Crippen molar-refractivity contribution < 1.29 is 4.74 Å². The maximum absolute atomic E-state index is 5.72. The van der Waals surface area contributed by atoms with Crippen molar-refractivity contribution in [2.75, 3.05) is 11.9 Å². The van der Waals surface area contributed by atoms with Crippen LogP contribution in [0.2, 0.25) is 0 Å². The van der Waals surface area contributed by atoms with Crippen LogP contribution in [-0.2, 0) is 0 Å². The van der Waals surface area contributed by atoms with E-state index >= 15 is 0 Å². The van der Waals surface area contributed by atoms with Crippen molar-refractivity contribution in [3.8, 4) is 5.75 Å². The Morgan fingerprint density at radius 3 is 2.71 bits per heavy atom. The minimum Gasteiger partial charge on any atom is -0.487 e. The summed E-state index contributed by atoms with van der Waals surface area (Å²) >= 11 is 0. The fourth-order valence-electron chi connectivity index (χ4n) is 1.32. The Balaban J connectivity index is 2.70. The molecule has 0 amide bonds. The number of rotatable bonds is 6. The number of hydrogen-bond donors (Lipinski definition) is 1. The topological polar surface area (TPSA) is 34.2 Å². The van der Waals surface area contributed by atoms with Crippen LogP contribution in [0.5, 0.6) is 5.75 Å². The molecule has 0 aliphatic carbocycles. The second-order valence-electron chi connectivity index (χ2n) is 5.39. The Morgan fingerprint density at radius 1 is 1.41 bits per heavy atom. The van der Waals surface area contributed by atoms with E-state index in [-0.39, 0.29) is 11.5 Å². The van der Waals surface area contributed by atoms with Crippen molar-refractivity contribution in [1.82, 2.24) is 4.98 Å². The maximum Gasteiger partial charge on any atom is 0.168 e. The van der Waals surface area contributed by atoms with Crippen LogP contribution >= 0.6 is 0 Å². The molecule has 0 atom stereocenters. The zero-order chi connectivity index (χ0) is 12.9. The lowest BCUT2D eigenvalue weighted by molar-refractivity contribution is 0.242. The third-order valence-electron chi connectivity index (χ3n) is 2.82. The molecule has 0 fully saturated rings. The third-order valence-corrected chi connectivity index (χ3v) is 2.82. The number of aromatic nitrogens is 1. The van der Waals surface area contributed by atoms with Crippen molar-refractivity contribution in [2.24, 2.45) is 5.41 Å². The van der Waals surface area contributed by atoms with Crippen molar-refractivity contribution in [3.05, 3.63) is 18.3 Å². The van der Waals surface area contributed by atoms with Gasteiger partial charge in [-0.25, -0.2) is 4.98 Å². The summed E-state index contributed by atoms with van der Waals surface area (Å²) in [6.07, 6.45) is 3.08. The molecule has 1 rings (SSSR count). The minimum atomic E-state index is 0.166. The molecule has 0 spiro atoms. The Hall–Kier alpha value is -1.25. The number of anilines is 1. The van der Waals surface area contributed by atoms with Crippen LogP contribution in [0.3, 0.4) is 0 Å². The molecular formula is C14H24N2O. The van der Waals surface area contributed by atoms with Gasteiger partial charge in [0.15, 0.2) is 11.6 Å². The van der Waals surface area contributed by atoms with E-state index in [1.54, 1.807) is 6.20 Å². The molecule has 3 heteroatoms. The van der Waals surface area contributed by atoms with Crippen LogP contribution in [0.15, 0.2) is 18.3 Å². The second-order valence-corrected chi connectivity index (χ2v) is 5.39. The lowest BCUT2D eigenvalue weighted by atomic mass is 9.90. The number of ether oxygens (including phenoxy) is 1. The highest BCUT2D eigenvalue weighted by Crippen LogP contribution is 2.25. The second kappa shape index (κ2) is 5.89. The number of nitrogens with zero attached hydrogens (tertiary/aromatic N) is 1. The zero-order valence-corrected chi connectivity index (χ0v) is 11.6. The van der Waals surface area contributed by atoms with Gasteiger partial charge in [-0.05, 0) is 37.8 Å². The molecule has 1 N–H and O–H groups in total. The summed E-state index contributed by atoms with van der Waals surface area (Å²) in [6.45, 7) is 11.6. The van der Waals surface area contributed by atoms with Gasteiger partial charge in [-0.3, -0.25) is 0 Å². The summed E-state index contributed by atoms with van der Waals surface area (Å²) in [5.41, 5.74) is 0.270. The van der Waals surface area contributed by atoms with Gasteiger partial charge in [-0.15, -0.1) is 0 Å². The first-order chi connectivity index (χ1) is 7.94. The van der Waals surface area contributed by atoms with Crippen molar-refractivity contribution in [3.63, 3.8) is 0 Å². The molecule has 0 aromatic carbocycles. The summed E-state index contributed by atoms with van der Waals surface area (Å²) in [7, 11) is 0. The van der Waals surface area contributed by atoms with E-state index in [1.165, 1.54) is 0 Å². The van der Waals surface area contributed by atoms with Gasteiger partial charge in [0.25, 0.3) is 0 Å². The van der Waals surface area contributed by atoms with Gasteiger partial charge in [-0.1, -0.05) is 20.8 Å². The minimum absolute atomic E-state index is 0.166. The summed E-state index contributed by atoms with van der Waals surface area (Å²) in [6, 6.07) is 3.85. The highest BCUT2D eigenvalue weighted by atomic mass is 16.5. The molecule has 96 valence electrons. The number of hydrogen-bond acceptors (Lipinski definition) is 3. The molecule has 0 saturated carbocycles. The number of pyridine rings is 1. The van der Waals surface area contributed by atoms with Gasteiger partial charge in [0.1, 0.15) is 0 Å². The lowest BCUT2D eigenvalue weighted by Gasteiger charge is -2.24. The fraction of sp³-hybridized carbons (Fsp3) is 0.643. The number of nitrogens with one attached hydrogen (secondary N) is 1. The molecule has 17 heavy (non-hydrogen) atoms. The summed E-state index contributed by atoms with van der Waals surface area (Å²) in [5.74, 6) is 1.66. The monoisotopic (exact) mass is 236 g/mol. The van der Waals surface area contributed by atoms with E-state index in [9.17, 15) is 0 Å². The summed E-state index contributed by atoms with van der Waals surface area (Å²) < 4.78 is 5.72. The predicted molar refractivity (Wildman–Crippen MR) is 72.6 cm³/mol. The molecule has 0 aliphatic heterocycles. The Bertz CT molecular complexity index is 348. The molecule has 0 aliphatic rings. The van der Waals surface area contributed by atoms with E-state index in [0.717, 1.165) is 24.5 Å². The maximum atomic E-state index is 5.72. The van der Waals surface area contributed by atoms with E-state index < -0.39 is 0 Å². The highest BCUT2D eigenvalue weighted by molar-refractivity contribution is 5.49. The first kappa shape index (κ1) is 13.8. The molecule has 0 saturated heterocycles. The van der Waals surface area contributed by atoms with Gasteiger partial charge < -0.3 is 10.1 Å². The normalized spacial score (nSPS) is 11.6. The molecule has 0 unspecified atom stereocenters. The molecule has 0 bridgehead atoms. The van der Waals surface area contributed by atoms with Gasteiger partial charge in [0.2, 0.25) is 0 Å². The Morgan fingerprint density at radius 2 is 2.12 bits per heavy atom. The lowest BCUT2D eigenvalue weighted by Crippen LogP contribution is -2.23. The molecule has 0 radical (unpaired) electrons. The van der Waals surface area contributed by atoms with Crippen LogP contribution in [0.1, 0.15) is 41.0 Å². The van der Waals surface area contributed by atoms with Crippen molar-refractivity contribution in [2.45, 2.75) is 47.1 Å². The molecule has 1 aromatic heterocycles. The third kappa shape index (κ3) is 4.63. The predicted octanol–water partition coefficient (Wildman–Crippen LogP) is 3.72. The molecule has 3 nitrogen and oxygen atoms in total. The smallest absolute Gasteiger partial charge is 0.168 e. The average molecular weight is 236 g/mol. The standard InChI is InChI=1S/C14H24N2O/c1-6-14(4,5)10-16-13-12(17-11(2)3)8-7-9-15-13/h7-9,11H,6,10H2,1-5H3,(H,15,16). The zero-order valence-electron chi connectivity index (χ0n) is 11.6. The van der Waals surface area contributed by atoms with Gasteiger partial charge in [-0.2, -0.15) is 0 Å². The molecule has 1 heterocycles. The van der Waals surface area contributed by atoms with E-state index in [0.29, 0.717) is 0 Å². The molecular weight excluding hydrogens is 212 g/mol. The van der Waals surface area contributed by atoms with Crippen LogP contribution in [0.25, 0.3) is 0 Å².